The minimum absolute atomic E-state index is 0.158. The minimum Gasteiger partial charge on any atom is -0.482 e. The van der Waals surface area contributed by atoms with Crippen molar-refractivity contribution in [2.75, 3.05) is 11.9 Å². The van der Waals surface area contributed by atoms with E-state index in [0.717, 1.165) is 10.2 Å². The lowest BCUT2D eigenvalue weighted by Gasteiger charge is -2.07. The summed E-state index contributed by atoms with van der Waals surface area (Å²) in [5.41, 5.74) is 2.11. The van der Waals surface area contributed by atoms with Crippen LogP contribution in [0.2, 0.25) is 10.0 Å². The van der Waals surface area contributed by atoms with E-state index >= 15 is 0 Å². The molecule has 130 valence electrons. The number of carbonyl (C=O) groups is 1. The van der Waals surface area contributed by atoms with Crippen LogP contribution in [-0.2, 0) is 4.79 Å². The van der Waals surface area contributed by atoms with E-state index in [1.807, 2.05) is 6.07 Å². The van der Waals surface area contributed by atoms with Crippen LogP contribution in [0.5, 0.6) is 5.75 Å². The third-order valence-corrected chi connectivity index (χ3v) is 5.04. The first-order valence-electron chi connectivity index (χ1n) is 7.70. The summed E-state index contributed by atoms with van der Waals surface area (Å²) >= 11 is 13.3. The van der Waals surface area contributed by atoms with E-state index < -0.39 is 0 Å². The third kappa shape index (κ3) is 4.42. The first-order valence-corrected chi connectivity index (χ1v) is 9.28. The Labute approximate surface area is 159 Å². The van der Waals surface area contributed by atoms with Crippen molar-refractivity contribution in [3.05, 3.63) is 52.0 Å². The number of nitrogens with one attached hydrogen (secondary N) is 1. The summed E-state index contributed by atoms with van der Waals surface area (Å²) in [6.07, 6.45) is 0. The van der Waals surface area contributed by atoms with Gasteiger partial charge in [-0.2, -0.15) is 0 Å². The number of halogens is 2. The molecular weight excluding hydrogens is 379 g/mol. The van der Waals surface area contributed by atoms with Gasteiger partial charge in [0.25, 0.3) is 5.91 Å². The average molecular weight is 395 g/mol. The van der Waals surface area contributed by atoms with Gasteiger partial charge in [-0.15, -0.1) is 0 Å². The Morgan fingerprint density at radius 1 is 1.24 bits per heavy atom. The fourth-order valence-corrected chi connectivity index (χ4v) is 3.64. The summed E-state index contributed by atoms with van der Waals surface area (Å²) in [6.45, 7) is 4.13. The Morgan fingerprint density at radius 3 is 2.76 bits per heavy atom. The zero-order chi connectivity index (χ0) is 18.0. The van der Waals surface area contributed by atoms with Crippen LogP contribution in [0.1, 0.15) is 25.3 Å². The average Bonchev–Trinajstić information content (AvgIpc) is 2.95. The number of hydrogen-bond acceptors (Lipinski definition) is 4. The highest BCUT2D eigenvalue weighted by Crippen LogP contribution is 2.29. The van der Waals surface area contributed by atoms with Crippen molar-refractivity contribution in [3.63, 3.8) is 0 Å². The summed E-state index contributed by atoms with van der Waals surface area (Å²) in [5, 5.41) is 4.18. The van der Waals surface area contributed by atoms with Gasteiger partial charge >= 0.3 is 0 Å². The largest absolute Gasteiger partial charge is 0.482 e. The molecule has 2 aromatic carbocycles. The van der Waals surface area contributed by atoms with Gasteiger partial charge in [-0.25, -0.2) is 4.98 Å². The SMILES string of the molecule is CC(C)c1ccc2nc(NC(=O)COc3ccc(Cl)cc3Cl)sc2c1. The van der Waals surface area contributed by atoms with E-state index in [1.165, 1.54) is 16.9 Å². The van der Waals surface area contributed by atoms with Gasteiger partial charge in [-0.1, -0.05) is 54.5 Å². The van der Waals surface area contributed by atoms with Crippen LogP contribution in [0.3, 0.4) is 0 Å². The zero-order valence-electron chi connectivity index (χ0n) is 13.7. The highest BCUT2D eigenvalue weighted by Gasteiger charge is 2.11. The van der Waals surface area contributed by atoms with Crippen LogP contribution in [0, 0.1) is 0 Å². The number of fused-ring (bicyclic) bond motifs is 1. The van der Waals surface area contributed by atoms with Crippen molar-refractivity contribution in [2.24, 2.45) is 0 Å². The Morgan fingerprint density at radius 2 is 2.04 bits per heavy atom. The van der Waals surface area contributed by atoms with Crippen LogP contribution in [-0.4, -0.2) is 17.5 Å². The second-order valence-electron chi connectivity index (χ2n) is 5.81. The minimum atomic E-state index is -0.297. The fraction of sp³-hybridized carbons (Fsp3) is 0.222. The lowest BCUT2D eigenvalue weighted by molar-refractivity contribution is -0.118. The highest BCUT2D eigenvalue weighted by molar-refractivity contribution is 7.22. The molecule has 0 radical (unpaired) electrons. The quantitative estimate of drug-likeness (QED) is 0.599. The number of ether oxygens (including phenoxy) is 1. The molecule has 0 saturated heterocycles. The molecule has 0 saturated carbocycles. The molecule has 0 atom stereocenters. The number of hydrogen-bond donors (Lipinski definition) is 1. The molecule has 1 N–H and O–H groups in total. The molecule has 3 aromatic rings. The third-order valence-electron chi connectivity index (χ3n) is 3.58. The molecule has 0 aliphatic rings. The number of anilines is 1. The lowest BCUT2D eigenvalue weighted by atomic mass is 10.0. The van der Waals surface area contributed by atoms with Crippen LogP contribution in [0.4, 0.5) is 5.13 Å². The van der Waals surface area contributed by atoms with Gasteiger partial charge in [-0.05, 0) is 41.8 Å². The summed E-state index contributed by atoms with van der Waals surface area (Å²) in [4.78, 5) is 16.5. The van der Waals surface area contributed by atoms with Crippen molar-refractivity contribution >= 4 is 55.8 Å². The maximum absolute atomic E-state index is 12.1. The summed E-state index contributed by atoms with van der Waals surface area (Å²) in [5.74, 6) is 0.559. The van der Waals surface area contributed by atoms with E-state index in [9.17, 15) is 4.79 Å². The number of benzene rings is 2. The van der Waals surface area contributed by atoms with Crippen LogP contribution < -0.4 is 10.1 Å². The van der Waals surface area contributed by atoms with E-state index in [2.05, 4.69) is 36.3 Å². The fourth-order valence-electron chi connectivity index (χ4n) is 2.24. The standard InChI is InChI=1S/C18H16Cl2N2O2S/c1-10(2)11-3-5-14-16(7-11)25-18(21-14)22-17(23)9-24-15-6-4-12(19)8-13(15)20/h3-8,10H,9H2,1-2H3,(H,21,22,23). The maximum atomic E-state index is 12.1. The number of aromatic nitrogens is 1. The molecule has 7 heteroatoms. The Balaban J connectivity index is 1.65. The van der Waals surface area contributed by atoms with Crippen molar-refractivity contribution in [1.29, 1.82) is 0 Å². The molecule has 3 rings (SSSR count). The number of carbonyl (C=O) groups excluding carboxylic acids is 1. The number of rotatable bonds is 5. The predicted molar refractivity (Wildman–Crippen MR) is 104 cm³/mol. The maximum Gasteiger partial charge on any atom is 0.264 e. The predicted octanol–water partition coefficient (Wildman–Crippen LogP) is 5.74. The summed E-state index contributed by atoms with van der Waals surface area (Å²) in [7, 11) is 0. The van der Waals surface area contributed by atoms with Crippen molar-refractivity contribution in [3.8, 4) is 5.75 Å². The van der Waals surface area contributed by atoms with Crippen LogP contribution in [0.15, 0.2) is 36.4 Å². The monoisotopic (exact) mass is 394 g/mol. The van der Waals surface area contributed by atoms with Crippen molar-refractivity contribution in [1.82, 2.24) is 4.98 Å². The highest BCUT2D eigenvalue weighted by atomic mass is 35.5. The van der Waals surface area contributed by atoms with E-state index in [-0.39, 0.29) is 12.5 Å². The van der Waals surface area contributed by atoms with E-state index in [0.29, 0.717) is 26.8 Å². The van der Waals surface area contributed by atoms with Crippen LogP contribution >= 0.6 is 34.5 Å². The topological polar surface area (TPSA) is 51.2 Å². The first kappa shape index (κ1) is 18.0. The van der Waals surface area contributed by atoms with E-state index in [4.69, 9.17) is 27.9 Å². The zero-order valence-corrected chi connectivity index (χ0v) is 16.0. The van der Waals surface area contributed by atoms with Gasteiger partial charge in [0.05, 0.1) is 15.2 Å². The molecule has 0 aliphatic heterocycles. The molecule has 1 amide bonds. The Hall–Kier alpha value is -1.82. The molecular formula is C18H16Cl2N2O2S. The number of nitrogens with zero attached hydrogens (tertiary/aromatic N) is 1. The van der Waals surface area contributed by atoms with Crippen molar-refractivity contribution < 1.29 is 9.53 Å². The molecule has 25 heavy (non-hydrogen) atoms. The molecule has 0 fully saturated rings. The Kier molecular flexibility index (Phi) is 5.47. The Bertz CT molecular complexity index is 925. The van der Waals surface area contributed by atoms with Crippen molar-refractivity contribution in [2.45, 2.75) is 19.8 Å². The van der Waals surface area contributed by atoms with Gasteiger partial charge in [0, 0.05) is 5.02 Å². The second kappa shape index (κ2) is 7.60. The van der Waals surface area contributed by atoms with Crippen LogP contribution in [0.25, 0.3) is 10.2 Å². The molecule has 1 heterocycles. The molecule has 4 nitrogen and oxygen atoms in total. The first-order chi connectivity index (χ1) is 11.9. The summed E-state index contributed by atoms with van der Waals surface area (Å²) in [6, 6.07) is 11.0. The normalized spacial score (nSPS) is 11.1. The molecule has 0 spiro atoms. The smallest absolute Gasteiger partial charge is 0.264 e. The second-order valence-corrected chi connectivity index (χ2v) is 7.69. The molecule has 1 aromatic heterocycles. The van der Waals surface area contributed by atoms with Gasteiger partial charge in [0.15, 0.2) is 11.7 Å². The van der Waals surface area contributed by atoms with E-state index in [1.54, 1.807) is 18.2 Å². The molecule has 0 aliphatic carbocycles. The molecule has 0 unspecified atom stereocenters. The van der Waals surface area contributed by atoms with Gasteiger partial charge in [-0.3, -0.25) is 10.1 Å². The van der Waals surface area contributed by atoms with Gasteiger partial charge in [0.2, 0.25) is 0 Å². The lowest BCUT2D eigenvalue weighted by Crippen LogP contribution is -2.20. The van der Waals surface area contributed by atoms with Gasteiger partial charge < -0.3 is 4.74 Å². The van der Waals surface area contributed by atoms with Gasteiger partial charge in [0.1, 0.15) is 5.75 Å². The summed E-state index contributed by atoms with van der Waals surface area (Å²) < 4.78 is 6.47. The number of amides is 1. The number of thiazole rings is 1. The molecule has 0 bridgehead atoms.